The molecule has 2 aromatic carbocycles. The van der Waals surface area contributed by atoms with Crippen molar-refractivity contribution in [2.24, 2.45) is 7.05 Å². The van der Waals surface area contributed by atoms with Gasteiger partial charge in [-0.15, -0.1) is 11.3 Å². The van der Waals surface area contributed by atoms with Crippen molar-refractivity contribution in [1.82, 2.24) is 14.5 Å². The Labute approximate surface area is 208 Å². The van der Waals surface area contributed by atoms with E-state index < -0.39 is 5.82 Å². The number of halogens is 2. The van der Waals surface area contributed by atoms with E-state index in [4.69, 9.17) is 4.74 Å². The van der Waals surface area contributed by atoms with Crippen LogP contribution in [0.2, 0.25) is 0 Å². The lowest BCUT2D eigenvalue weighted by Crippen LogP contribution is -2.31. The molecule has 0 aliphatic carbocycles. The molecule has 1 aliphatic heterocycles. The van der Waals surface area contributed by atoms with Crippen LogP contribution < -0.4 is 14.5 Å². The number of rotatable bonds is 5. The van der Waals surface area contributed by atoms with E-state index in [1.165, 1.54) is 45.4 Å². The van der Waals surface area contributed by atoms with Crippen LogP contribution >= 0.6 is 11.3 Å². The van der Waals surface area contributed by atoms with Crippen molar-refractivity contribution in [2.45, 2.75) is 0 Å². The highest BCUT2D eigenvalue weighted by Crippen LogP contribution is 2.39. The van der Waals surface area contributed by atoms with Crippen molar-refractivity contribution in [3.63, 3.8) is 0 Å². The lowest BCUT2D eigenvalue weighted by Gasteiger charge is -2.19. The maximum Gasteiger partial charge on any atom is 0.329 e. The first kappa shape index (κ1) is 22.2. The highest BCUT2D eigenvalue weighted by molar-refractivity contribution is 7.22. The molecule has 6 rings (SSSR count). The van der Waals surface area contributed by atoms with E-state index >= 15 is 4.39 Å². The van der Waals surface area contributed by atoms with Gasteiger partial charge in [-0.25, -0.2) is 18.6 Å². The summed E-state index contributed by atoms with van der Waals surface area (Å²) in [6, 6.07) is 13.5. The Bertz CT molecular complexity index is 1600. The molecule has 1 aliphatic rings. The first-order valence-electron chi connectivity index (χ1n) is 11.2. The van der Waals surface area contributed by atoms with Crippen LogP contribution in [0.1, 0.15) is 0 Å². The van der Waals surface area contributed by atoms with Gasteiger partial charge >= 0.3 is 6.03 Å². The number of urea groups is 1. The van der Waals surface area contributed by atoms with Crippen molar-refractivity contribution < 1.29 is 18.3 Å². The third-order valence-corrected chi connectivity index (χ3v) is 7.15. The molecule has 0 bridgehead atoms. The standard InChI is InChI=1S/C26H19F2N5O2S/c1-31-11-10-30-25(31)23-15-20-24(36-23)22(8-9-29-20)35-21-7-6-18(14-19(21)28)33-13-12-32(26(33)34)17-4-2-16(27)3-5-17/h2-11,14-15H,12-13H2,1H3. The molecule has 5 aromatic rings. The SMILES string of the molecule is Cn1ccnc1-c1cc2nccc(Oc3ccc(N4CCN(c5ccc(F)cc5)C4=O)cc3F)c2s1. The van der Waals surface area contributed by atoms with Crippen LogP contribution in [-0.2, 0) is 7.05 Å². The third-order valence-electron chi connectivity index (χ3n) is 6.01. The van der Waals surface area contributed by atoms with E-state index in [9.17, 15) is 9.18 Å². The van der Waals surface area contributed by atoms with Gasteiger partial charge in [0.25, 0.3) is 0 Å². The Morgan fingerprint density at radius 1 is 0.889 bits per heavy atom. The molecule has 1 saturated heterocycles. The zero-order chi connectivity index (χ0) is 24.8. The van der Waals surface area contributed by atoms with Crippen LogP contribution in [0.3, 0.4) is 0 Å². The molecular formula is C26H19F2N5O2S. The summed E-state index contributed by atoms with van der Waals surface area (Å²) in [7, 11) is 1.92. The van der Waals surface area contributed by atoms with Crippen molar-refractivity contribution >= 4 is 39.0 Å². The Morgan fingerprint density at radius 2 is 1.64 bits per heavy atom. The average Bonchev–Trinajstić information content (AvgIpc) is 3.59. The largest absolute Gasteiger partial charge is 0.453 e. The molecule has 4 heterocycles. The van der Waals surface area contributed by atoms with Crippen LogP contribution in [0.4, 0.5) is 25.0 Å². The molecule has 2 amide bonds. The molecule has 0 atom stereocenters. The minimum absolute atomic E-state index is 0.0419. The molecule has 10 heteroatoms. The van der Waals surface area contributed by atoms with Crippen LogP contribution in [0.25, 0.3) is 20.9 Å². The number of pyridine rings is 1. The third kappa shape index (κ3) is 3.85. The summed E-state index contributed by atoms with van der Waals surface area (Å²) in [6.07, 6.45) is 5.21. The molecule has 0 N–H and O–H groups in total. The second-order valence-electron chi connectivity index (χ2n) is 8.27. The Balaban J connectivity index is 1.25. The normalized spacial score (nSPS) is 13.7. The second kappa shape index (κ2) is 8.72. The lowest BCUT2D eigenvalue weighted by atomic mass is 10.2. The molecule has 36 heavy (non-hydrogen) atoms. The molecule has 0 spiro atoms. The van der Waals surface area contributed by atoms with E-state index in [1.54, 1.807) is 36.7 Å². The molecule has 3 aromatic heterocycles. The zero-order valence-electron chi connectivity index (χ0n) is 19.1. The Morgan fingerprint density at radius 3 is 2.36 bits per heavy atom. The topological polar surface area (TPSA) is 63.5 Å². The van der Waals surface area contributed by atoms with Gasteiger partial charge in [-0.1, -0.05) is 0 Å². The van der Waals surface area contributed by atoms with E-state index in [2.05, 4.69) is 9.97 Å². The minimum atomic E-state index is -0.591. The van der Waals surface area contributed by atoms with Crippen molar-refractivity contribution in [3.05, 3.63) is 84.8 Å². The fraction of sp³-hybridized carbons (Fsp3) is 0.115. The van der Waals surface area contributed by atoms with Crippen molar-refractivity contribution in [2.75, 3.05) is 22.9 Å². The van der Waals surface area contributed by atoms with Gasteiger partial charge < -0.3 is 9.30 Å². The van der Waals surface area contributed by atoms with E-state index in [0.717, 1.165) is 20.9 Å². The molecule has 0 radical (unpaired) electrons. The van der Waals surface area contributed by atoms with Gasteiger partial charge in [0.2, 0.25) is 0 Å². The summed E-state index contributed by atoms with van der Waals surface area (Å²) >= 11 is 1.47. The summed E-state index contributed by atoms with van der Waals surface area (Å²) in [6.45, 7) is 0.794. The number of hydrogen-bond donors (Lipinski definition) is 0. The Hall–Kier alpha value is -4.31. The van der Waals surface area contributed by atoms with E-state index in [-0.39, 0.29) is 17.6 Å². The fourth-order valence-corrected chi connectivity index (χ4v) is 5.31. The van der Waals surface area contributed by atoms with Crippen LogP contribution in [-0.4, -0.2) is 33.7 Å². The molecule has 180 valence electrons. The molecule has 0 saturated carbocycles. The van der Waals surface area contributed by atoms with Gasteiger partial charge in [0.1, 0.15) is 17.4 Å². The number of benzene rings is 2. The number of aryl methyl sites for hydroxylation is 1. The van der Waals surface area contributed by atoms with Gasteiger partial charge in [0.05, 0.1) is 15.1 Å². The number of nitrogens with zero attached hydrogens (tertiary/aromatic N) is 5. The van der Waals surface area contributed by atoms with Gasteiger partial charge in [-0.2, -0.15) is 0 Å². The summed E-state index contributed by atoms with van der Waals surface area (Å²) in [5, 5.41) is 0. The number of fused-ring (bicyclic) bond motifs is 1. The molecule has 7 nitrogen and oxygen atoms in total. The molecule has 1 fully saturated rings. The zero-order valence-corrected chi connectivity index (χ0v) is 19.9. The second-order valence-corrected chi connectivity index (χ2v) is 9.33. The number of carbonyl (C=O) groups excluding carboxylic acids is 1. The van der Waals surface area contributed by atoms with E-state index in [1.807, 2.05) is 23.9 Å². The summed E-state index contributed by atoms with van der Waals surface area (Å²) < 4.78 is 37.0. The van der Waals surface area contributed by atoms with Crippen LogP contribution in [0.5, 0.6) is 11.5 Å². The summed E-state index contributed by atoms with van der Waals surface area (Å²) in [5.74, 6) is 0.370. The fourth-order valence-electron chi connectivity index (χ4n) is 4.20. The van der Waals surface area contributed by atoms with Crippen molar-refractivity contribution in [1.29, 1.82) is 0 Å². The predicted molar refractivity (Wildman–Crippen MR) is 135 cm³/mol. The maximum atomic E-state index is 15.1. The summed E-state index contributed by atoms with van der Waals surface area (Å²) in [4.78, 5) is 25.7. The monoisotopic (exact) mass is 503 g/mol. The van der Waals surface area contributed by atoms with Gasteiger partial charge in [-0.3, -0.25) is 14.8 Å². The predicted octanol–water partition coefficient (Wildman–Crippen LogP) is 6.21. The number of amides is 2. The minimum Gasteiger partial charge on any atom is -0.453 e. The van der Waals surface area contributed by atoms with Crippen molar-refractivity contribution in [3.8, 4) is 22.2 Å². The summed E-state index contributed by atoms with van der Waals surface area (Å²) in [5.41, 5.74) is 1.74. The number of ether oxygens (including phenoxy) is 1. The number of aromatic nitrogens is 3. The van der Waals surface area contributed by atoms with Crippen LogP contribution in [0.15, 0.2) is 73.2 Å². The Kier molecular flexibility index (Phi) is 5.37. The number of carbonyl (C=O) groups is 1. The van der Waals surface area contributed by atoms with Gasteiger partial charge in [0, 0.05) is 62.2 Å². The highest BCUT2D eigenvalue weighted by Gasteiger charge is 2.31. The van der Waals surface area contributed by atoms with Gasteiger partial charge in [0.15, 0.2) is 11.6 Å². The maximum absolute atomic E-state index is 15.1. The number of anilines is 2. The van der Waals surface area contributed by atoms with E-state index in [0.29, 0.717) is 30.2 Å². The quantitative estimate of drug-likeness (QED) is 0.286. The van der Waals surface area contributed by atoms with Gasteiger partial charge in [-0.05, 0) is 42.5 Å². The lowest BCUT2D eigenvalue weighted by molar-refractivity contribution is 0.256. The first-order chi connectivity index (χ1) is 17.5. The van der Waals surface area contributed by atoms with Crippen LogP contribution in [0, 0.1) is 11.6 Å². The molecule has 0 unspecified atom stereocenters. The average molecular weight is 504 g/mol. The number of thiophene rings is 1. The highest BCUT2D eigenvalue weighted by atomic mass is 32.1. The number of imidazole rings is 1. The number of hydrogen-bond acceptors (Lipinski definition) is 5. The first-order valence-corrected chi connectivity index (χ1v) is 12.0. The smallest absolute Gasteiger partial charge is 0.329 e. The molecular weight excluding hydrogens is 484 g/mol.